The van der Waals surface area contributed by atoms with Gasteiger partial charge in [0.15, 0.2) is 5.82 Å². The van der Waals surface area contributed by atoms with E-state index in [0.717, 1.165) is 12.1 Å². The third kappa shape index (κ3) is 3.77. The fourth-order valence-electron chi connectivity index (χ4n) is 1.70. The van der Waals surface area contributed by atoms with E-state index in [9.17, 15) is 13.2 Å². The SMILES string of the molecule is COc1ccc(N)c(NCc2ccc(C(F)(F)F)cc2)n1. The summed E-state index contributed by atoms with van der Waals surface area (Å²) in [5.74, 6) is 0.827. The highest BCUT2D eigenvalue weighted by atomic mass is 19.4. The molecule has 0 unspecified atom stereocenters. The van der Waals surface area contributed by atoms with Crippen LogP contribution in [0.2, 0.25) is 0 Å². The lowest BCUT2D eigenvalue weighted by Gasteiger charge is -2.11. The maximum Gasteiger partial charge on any atom is 0.416 e. The van der Waals surface area contributed by atoms with Crippen molar-refractivity contribution in [2.45, 2.75) is 12.7 Å². The molecule has 0 aliphatic carbocycles. The third-order valence-corrected chi connectivity index (χ3v) is 2.85. The molecule has 0 radical (unpaired) electrons. The number of nitrogens with one attached hydrogen (secondary N) is 1. The summed E-state index contributed by atoms with van der Waals surface area (Å²) in [6, 6.07) is 8.16. The second-order valence-electron chi connectivity index (χ2n) is 4.34. The fraction of sp³-hybridized carbons (Fsp3) is 0.214. The molecule has 7 heteroatoms. The number of nitrogens with zero attached hydrogens (tertiary/aromatic N) is 1. The number of hydrogen-bond acceptors (Lipinski definition) is 4. The van der Waals surface area contributed by atoms with E-state index in [-0.39, 0.29) is 0 Å². The van der Waals surface area contributed by atoms with Crippen LogP contribution in [0.4, 0.5) is 24.7 Å². The van der Waals surface area contributed by atoms with E-state index >= 15 is 0 Å². The van der Waals surface area contributed by atoms with Gasteiger partial charge in [-0.1, -0.05) is 12.1 Å². The summed E-state index contributed by atoms with van der Waals surface area (Å²) < 4.78 is 42.3. The number of rotatable bonds is 4. The van der Waals surface area contributed by atoms with Crippen molar-refractivity contribution in [2.75, 3.05) is 18.2 Å². The Hall–Kier alpha value is -2.44. The predicted molar refractivity (Wildman–Crippen MR) is 74.0 cm³/mol. The van der Waals surface area contributed by atoms with Gasteiger partial charge in [-0.05, 0) is 23.8 Å². The van der Waals surface area contributed by atoms with Gasteiger partial charge in [0, 0.05) is 12.6 Å². The summed E-state index contributed by atoms with van der Waals surface area (Å²) in [4.78, 5) is 4.12. The molecule has 1 aromatic carbocycles. The van der Waals surface area contributed by atoms with E-state index in [1.54, 1.807) is 12.1 Å². The lowest BCUT2D eigenvalue weighted by molar-refractivity contribution is -0.137. The molecular weight excluding hydrogens is 283 g/mol. The highest BCUT2D eigenvalue weighted by Gasteiger charge is 2.29. The van der Waals surface area contributed by atoms with E-state index in [4.69, 9.17) is 10.5 Å². The smallest absolute Gasteiger partial charge is 0.416 e. The van der Waals surface area contributed by atoms with Crippen LogP contribution in [0.15, 0.2) is 36.4 Å². The minimum absolute atomic E-state index is 0.308. The monoisotopic (exact) mass is 297 g/mol. The molecular formula is C14H14F3N3O. The van der Waals surface area contributed by atoms with Crippen LogP contribution in [-0.2, 0) is 12.7 Å². The van der Waals surface area contributed by atoms with Crippen LogP contribution in [0.3, 0.4) is 0 Å². The summed E-state index contributed by atoms with van der Waals surface area (Å²) in [5, 5.41) is 2.96. The molecule has 0 amide bonds. The zero-order valence-corrected chi connectivity index (χ0v) is 11.2. The van der Waals surface area contributed by atoms with Crippen molar-refractivity contribution < 1.29 is 17.9 Å². The van der Waals surface area contributed by atoms with E-state index in [0.29, 0.717) is 29.5 Å². The Bertz CT molecular complexity index is 612. The fourth-order valence-corrected chi connectivity index (χ4v) is 1.70. The van der Waals surface area contributed by atoms with Gasteiger partial charge in [-0.15, -0.1) is 0 Å². The number of nitrogen functional groups attached to an aromatic ring is 1. The van der Waals surface area contributed by atoms with Crippen molar-refractivity contribution in [3.63, 3.8) is 0 Å². The lowest BCUT2D eigenvalue weighted by atomic mass is 10.1. The first-order valence-corrected chi connectivity index (χ1v) is 6.10. The highest BCUT2D eigenvalue weighted by Crippen LogP contribution is 2.29. The molecule has 0 aliphatic heterocycles. The zero-order valence-electron chi connectivity index (χ0n) is 11.2. The van der Waals surface area contributed by atoms with Crippen molar-refractivity contribution in [1.82, 2.24) is 4.98 Å². The number of anilines is 2. The van der Waals surface area contributed by atoms with Crippen LogP contribution < -0.4 is 15.8 Å². The normalized spacial score (nSPS) is 11.2. The highest BCUT2D eigenvalue weighted by molar-refractivity contribution is 5.62. The standard InChI is InChI=1S/C14H14F3N3O/c1-21-12-7-6-11(18)13(20-12)19-8-9-2-4-10(5-3-9)14(15,16)17/h2-7H,8,18H2,1H3,(H,19,20). The molecule has 0 aliphatic rings. The van der Waals surface area contributed by atoms with Gasteiger partial charge in [-0.2, -0.15) is 18.2 Å². The second kappa shape index (κ2) is 5.90. The van der Waals surface area contributed by atoms with Crippen LogP contribution in [0.5, 0.6) is 5.88 Å². The van der Waals surface area contributed by atoms with Gasteiger partial charge in [-0.3, -0.25) is 0 Å². The van der Waals surface area contributed by atoms with E-state index < -0.39 is 11.7 Å². The summed E-state index contributed by atoms with van der Waals surface area (Å²) in [7, 11) is 1.48. The second-order valence-corrected chi connectivity index (χ2v) is 4.34. The largest absolute Gasteiger partial charge is 0.481 e. The molecule has 1 heterocycles. The zero-order chi connectivity index (χ0) is 15.5. The number of halogens is 3. The van der Waals surface area contributed by atoms with Gasteiger partial charge in [0.25, 0.3) is 0 Å². The molecule has 3 N–H and O–H groups in total. The Balaban J connectivity index is 2.06. The van der Waals surface area contributed by atoms with Crippen LogP contribution in [0.25, 0.3) is 0 Å². The summed E-state index contributed by atoms with van der Waals surface area (Å²) in [5.41, 5.74) is 6.20. The van der Waals surface area contributed by atoms with Crippen LogP contribution >= 0.6 is 0 Å². The number of alkyl halides is 3. The van der Waals surface area contributed by atoms with Gasteiger partial charge in [0.1, 0.15) is 0 Å². The average Bonchev–Trinajstić information content (AvgIpc) is 2.46. The first kappa shape index (κ1) is 15.0. The maximum atomic E-state index is 12.5. The van der Waals surface area contributed by atoms with Crippen molar-refractivity contribution in [1.29, 1.82) is 0 Å². The number of aromatic nitrogens is 1. The molecule has 0 saturated carbocycles. The number of methoxy groups -OCH3 is 1. The maximum absolute atomic E-state index is 12.5. The average molecular weight is 297 g/mol. The van der Waals surface area contributed by atoms with Crippen molar-refractivity contribution in [2.24, 2.45) is 0 Å². The number of ether oxygens (including phenoxy) is 1. The minimum Gasteiger partial charge on any atom is -0.481 e. The Morgan fingerprint density at radius 1 is 1.14 bits per heavy atom. The molecule has 0 atom stereocenters. The van der Waals surface area contributed by atoms with Crippen LogP contribution in [0.1, 0.15) is 11.1 Å². The minimum atomic E-state index is -4.33. The van der Waals surface area contributed by atoms with Crippen molar-refractivity contribution in [3.8, 4) is 5.88 Å². The van der Waals surface area contributed by atoms with E-state index in [1.165, 1.54) is 19.2 Å². The number of benzene rings is 1. The van der Waals surface area contributed by atoms with Gasteiger partial charge in [0.2, 0.25) is 5.88 Å². The topological polar surface area (TPSA) is 60.2 Å². The Labute approximate surface area is 119 Å². The molecule has 21 heavy (non-hydrogen) atoms. The molecule has 0 fully saturated rings. The first-order chi connectivity index (χ1) is 9.90. The van der Waals surface area contributed by atoms with E-state index in [2.05, 4.69) is 10.3 Å². The molecule has 0 spiro atoms. The van der Waals surface area contributed by atoms with E-state index in [1.807, 2.05) is 0 Å². The Morgan fingerprint density at radius 2 is 1.81 bits per heavy atom. The first-order valence-electron chi connectivity index (χ1n) is 6.10. The van der Waals surface area contributed by atoms with Crippen LogP contribution in [-0.4, -0.2) is 12.1 Å². The molecule has 1 aromatic heterocycles. The van der Waals surface area contributed by atoms with Gasteiger partial charge in [-0.25, -0.2) is 0 Å². The predicted octanol–water partition coefficient (Wildman–Crippen LogP) is 3.30. The van der Waals surface area contributed by atoms with Crippen molar-refractivity contribution in [3.05, 3.63) is 47.5 Å². The van der Waals surface area contributed by atoms with Gasteiger partial charge >= 0.3 is 6.18 Å². The number of hydrogen-bond donors (Lipinski definition) is 2. The Morgan fingerprint density at radius 3 is 2.38 bits per heavy atom. The molecule has 0 saturated heterocycles. The summed E-state index contributed by atoms with van der Waals surface area (Å²) >= 11 is 0. The molecule has 0 bridgehead atoms. The van der Waals surface area contributed by atoms with Gasteiger partial charge < -0.3 is 15.8 Å². The number of nitrogens with two attached hydrogens (primary N) is 1. The van der Waals surface area contributed by atoms with Gasteiger partial charge in [0.05, 0.1) is 18.4 Å². The summed E-state index contributed by atoms with van der Waals surface area (Å²) in [6.45, 7) is 0.308. The molecule has 2 aromatic rings. The molecule has 4 nitrogen and oxygen atoms in total. The molecule has 2 rings (SSSR count). The number of pyridine rings is 1. The Kier molecular flexibility index (Phi) is 4.21. The summed E-state index contributed by atoms with van der Waals surface area (Å²) in [6.07, 6.45) is -4.33. The quantitative estimate of drug-likeness (QED) is 0.909. The van der Waals surface area contributed by atoms with Crippen molar-refractivity contribution >= 4 is 11.5 Å². The lowest BCUT2D eigenvalue weighted by Crippen LogP contribution is -2.07. The molecule has 112 valence electrons. The van der Waals surface area contributed by atoms with Crippen LogP contribution in [0, 0.1) is 0 Å². The third-order valence-electron chi connectivity index (χ3n) is 2.85.